The van der Waals surface area contributed by atoms with Gasteiger partial charge in [-0.2, -0.15) is 0 Å². The molecule has 0 bridgehead atoms. The van der Waals surface area contributed by atoms with Gasteiger partial charge in [-0.05, 0) is 43.1 Å². The van der Waals surface area contributed by atoms with Crippen LogP contribution in [0.5, 0.6) is 5.88 Å². The second-order valence-corrected chi connectivity index (χ2v) is 6.36. The second kappa shape index (κ2) is 5.81. The Morgan fingerprint density at radius 3 is 2.74 bits per heavy atom. The van der Waals surface area contributed by atoms with Crippen molar-refractivity contribution >= 4 is 5.69 Å². The van der Waals surface area contributed by atoms with Crippen LogP contribution in [-0.4, -0.2) is 11.1 Å². The van der Waals surface area contributed by atoms with Crippen molar-refractivity contribution in [2.75, 3.05) is 5.73 Å². The lowest BCUT2D eigenvalue weighted by atomic mass is 9.75. The average Bonchev–Trinajstić information content (AvgIpc) is 2.33. The molecule has 0 spiro atoms. The highest BCUT2D eigenvalue weighted by atomic mass is 16.5. The summed E-state index contributed by atoms with van der Waals surface area (Å²) >= 11 is 0. The summed E-state index contributed by atoms with van der Waals surface area (Å²) in [6.07, 6.45) is 5.76. The maximum Gasteiger partial charge on any atom is 0.215 e. The van der Waals surface area contributed by atoms with E-state index in [0.717, 1.165) is 23.6 Å². The van der Waals surface area contributed by atoms with E-state index in [1.807, 2.05) is 13.0 Å². The molecule has 19 heavy (non-hydrogen) atoms. The standard InChI is InChI=1S/C16H26N2O/c1-10(2)13-6-5-11(3)7-15(13)19-16-8-14(17)12(4)9-18-16/h8-11,13,15H,5-7H2,1-4H3,(H2,17,18). The summed E-state index contributed by atoms with van der Waals surface area (Å²) < 4.78 is 6.14. The van der Waals surface area contributed by atoms with Gasteiger partial charge in [0.05, 0.1) is 0 Å². The maximum atomic E-state index is 6.14. The van der Waals surface area contributed by atoms with Gasteiger partial charge in [-0.15, -0.1) is 0 Å². The van der Waals surface area contributed by atoms with Crippen LogP contribution in [0.3, 0.4) is 0 Å². The van der Waals surface area contributed by atoms with Crippen LogP contribution in [0, 0.1) is 24.7 Å². The Bertz CT molecular complexity index is 431. The molecule has 0 amide bonds. The number of rotatable bonds is 3. The summed E-state index contributed by atoms with van der Waals surface area (Å²) in [6.45, 7) is 8.84. The number of hydrogen-bond donors (Lipinski definition) is 1. The van der Waals surface area contributed by atoms with E-state index in [9.17, 15) is 0 Å². The zero-order valence-corrected chi connectivity index (χ0v) is 12.5. The van der Waals surface area contributed by atoms with Crippen molar-refractivity contribution in [2.24, 2.45) is 17.8 Å². The van der Waals surface area contributed by atoms with Gasteiger partial charge in [-0.25, -0.2) is 4.98 Å². The molecular weight excluding hydrogens is 236 g/mol. The smallest absolute Gasteiger partial charge is 0.215 e. The summed E-state index contributed by atoms with van der Waals surface area (Å²) in [5.41, 5.74) is 7.69. The Hall–Kier alpha value is -1.25. The third kappa shape index (κ3) is 3.40. The Kier molecular flexibility index (Phi) is 4.33. The van der Waals surface area contributed by atoms with Gasteiger partial charge in [0, 0.05) is 18.0 Å². The third-order valence-corrected chi connectivity index (χ3v) is 4.35. The van der Waals surface area contributed by atoms with Crippen LogP contribution >= 0.6 is 0 Å². The first-order valence-corrected chi connectivity index (χ1v) is 7.36. The van der Waals surface area contributed by atoms with Crippen LogP contribution in [-0.2, 0) is 0 Å². The zero-order valence-electron chi connectivity index (χ0n) is 12.5. The molecule has 3 nitrogen and oxygen atoms in total. The molecule has 2 rings (SSSR count). The monoisotopic (exact) mass is 262 g/mol. The number of aromatic nitrogens is 1. The third-order valence-electron chi connectivity index (χ3n) is 4.35. The molecule has 0 radical (unpaired) electrons. The van der Waals surface area contributed by atoms with Gasteiger partial charge in [0.1, 0.15) is 6.10 Å². The lowest BCUT2D eigenvalue weighted by molar-refractivity contribution is 0.0427. The van der Waals surface area contributed by atoms with Gasteiger partial charge in [-0.1, -0.05) is 27.2 Å². The number of ether oxygens (including phenoxy) is 1. The van der Waals surface area contributed by atoms with Gasteiger partial charge in [0.25, 0.3) is 0 Å². The summed E-state index contributed by atoms with van der Waals surface area (Å²) in [7, 11) is 0. The van der Waals surface area contributed by atoms with E-state index in [4.69, 9.17) is 10.5 Å². The predicted molar refractivity (Wildman–Crippen MR) is 79.1 cm³/mol. The number of nitrogens with zero attached hydrogens (tertiary/aromatic N) is 1. The Labute approximate surface area is 116 Å². The van der Waals surface area contributed by atoms with Crippen LogP contribution in [0.2, 0.25) is 0 Å². The number of hydrogen-bond acceptors (Lipinski definition) is 3. The van der Waals surface area contributed by atoms with Gasteiger partial charge < -0.3 is 10.5 Å². The van der Waals surface area contributed by atoms with Crippen LogP contribution < -0.4 is 10.5 Å². The van der Waals surface area contributed by atoms with Crippen molar-refractivity contribution in [3.63, 3.8) is 0 Å². The first-order valence-electron chi connectivity index (χ1n) is 7.36. The summed E-state index contributed by atoms with van der Waals surface area (Å²) in [4.78, 5) is 4.35. The van der Waals surface area contributed by atoms with Crippen molar-refractivity contribution in [3.8, 4) is 5.88 Å². The van der Waals surface area contributed by atoms with Crippen molar-refractivity contribution in [1.29, 1.82) is 0 Å². The largest absolute Gasteiger partial charge is 0.474 e. The van der Waals surface area contributed by atoms with Crippen molar-refractivity contribution in [3.05, 3.63) is 17.8 Å². The number of nitrogens with two attached hydrogens (primary N) is 1. The molecule has 1 aliphatic carbocycles. The summed E-state index contributed by atoms with van der Waals surface area (Å²) in [5, 5.41) is 0. The quantitative estimate of drug-likeness (QED) is 0.901. The van der Waals surface area contributed by atoms with Crippen molar-refractivity contribution in [1.82, 2.24) is 4.98 Å². The van der Waals surface area contributed by atoms with Gasteiger partial charge >= 0.3 is 0 Å². The Morgan fingerprint density at radius 2 is 2.11 bits per heavy atom. The molecule has 1 aromatic rings. The van der Waals surface area contributed by atoms with Crippen LogP contribution in [0.25, 0.3) is 0 Å². The van der Waals surface area contributed by atoms with E-state index >= 15 is 0 Å². The Morgan fingerprint density at radius 1 is 1.37 bits per heavy atom. The number of nitrogen functional groups attached to an aromatic ring is 1. The fraction of sp³-hybridized carbons (Fsp3) is 0.688. The molecule has 1 saturated carbocycles. The van der Waals surface area contributed by atoms with Gasteiger partial charge in [0.2, 0.25) is 5.88 Å². The summed E-state index contributed by atoms with van der Waals surface area (Å²) in [6, 6.07) is 1.85. The van der Waals surface area contributed by atoms with E-state index in [0.29, 0.717) is 17.7 Å². The molecule has 3 atom stereocenters. The highest BCUT2D eigenvalue weighted by Gasteiger charge is 2.32. The molecule has 1 fully saturated rings. The van der Waals surface area contributed by atoms with Crippen LogP contribution in [0.4, 0.5) is 5.69 Å². The lowest BCUT2D eigenvalue weighted by Gasteiger charge is -2.37. The Balaban J connectivity index is 2.11. The fourth-order valence-electron chi connectivity index (χ4n) is 2.99. The minimum Gasteiger partial charge on any atom is -0.474 e. The van der Waals surface area contributed by atoms with Crippen LogP contribution in [0.1, 0.15) is 45.6 Å². The second-order valence-electron chi connectivity index (χ2n) is 6.36. The van der Waals surface area contributed by atoms with Crippen molar-refractivity contribution in [2.45, 2.75) is 53.1 Å². The molecular formula is C16H26N2O. The molecule has 106 valence electrons. The van der Waals surface area contributed by atoms with E-state index < -0.39 is 0 Å². The molecule has 0 aromatic carbocycles. The SMILES string of the molecule is Cc1cnc(OC2CC(C)CCC2C(C)C)cc1N. The van der Waals surface area contributed by atoms with Gasteiger partial charge in [-0.3, -0.25) is 0 Å². The summed E-state index contributed by atoms with van der Waals surface area (Å²) in [5.74, 6) is 2.69. The number of anilines is 1. The van der Waals surface area contributed by atoms with E-state index in [-0.39, 0.29) is 6.10 Å². The highest BCUT2D eigenvalue weighted by Crippen LogP contribution is 2.35. The minimum atomic E-state index is 0.276. The molecule has 1 heterocycles. The predicted octanol–water partition coefficient (Wildman–Crippen LogP) is 3.81. The van der Waals surface area contributed by atoms with Gasteiger partial charge in [0.15, 0.2) is 0 Å². The zero-order chi connectivity index (χ0) is 14.0. The minimum absolute atomic E-state index is 0.276. The first-order chi connectivity index (χ1) is 8.97. The fourth-order valence-corrected chi connectivity index (χ4v) is 2.99. The molecule has 2 N–H and O–H groups in total. The lowest BCUT2D eigenvalue weighted by Crippen LogP contribution is -2.36. The molecule has 0 saturated heterocycles. The molecule has 1 aromatic heterocycles. The normalized spacial score (nSPS) is 27.5. The molecule has 1 aliphatic rings. The molecule has 0 aliphatic heterocycles. The maximum absolute atomic E-state index is 6.14. The van der Waals surface area contributed by atoms with E-state index in [1.165, 1.54) is 12.8 Å². The van der Waals surface area contributed by atoms with E-state index in [2.05, 4.69) is 25.8 Å². The first kappa shape index (κ1) is 14.2. The van der Waals surface area contributed by atoms with E-state index in [1.54, 1.807) is 6.20 Å². The number of aryl methyl sites for hydroxylation is 1. The molecule has 3 unspecified atom stereocenters. The van der Waals surface area contributed by atoms with Crippen LogP contribution in [0.15, 0.2) is 12.3 Å². The topological polar surface area (TPSA) is 48.1 Å². The number of pyridine rings is 1. The highest BCUT2D eigenvalue weighted by molar-refractivity contribution is 5.47. The average molecular weight is 262 g/mol. The van der Waals surface area contributed by atoms with Crippen molar-refractivity contribution < 1.29 is 4.74 Å². The molecule has 3 heteroatoms.